The van der Waals surface area contributed by atoms with Gasteiger partial charge in [0.1, 0.15) is 6.04 Å². The Morgan fingerprint density at radius 3 is 2.83 bits per heavy atom. The van der Waals surface area contributed by atoms with Crippen LogP contribution in [0, 0.1) is 0 Å². The van der Waals surface area contributed by atoms with Crippen LogP contribution in [0.4, 0.5) is 0 Å². The van der Waals surface area contributed by atoms with Crippen LogP contribution in [0.2, 0.25) is 0 Å². The molecule has 3 amide bonds. The van der Waals surface area contributed by atoms with Crippen molar-refractivity contribution in [3.05, 3.63) is 24.3 Å². The van der Waals surface area contributed by atoms with Gasteiger partial charge in [-0.2, -0.15) is 0 Å². The lowest BCUT2D eigenvalue weighted by atomic mass is 10.1. The normalized spacial score (nSPS) is 19.8. The van der Waals surface area contributed by atoms with Gasteiger partial charge >= 0.3 is 0 Å². The number of allylic oxidation sites excluding steroid dienone is 1. The molecule has 1 unspecified atom stereocenters. The third-order valence-electron chi connectivity index (χ3n) is 2.54. The van der Waals surface area contributed by atoms with Crippen molar-refractivity contribution < 1.29 is 19.6 Å². The first-order chi connectivity index (χ1) is 8.47. The van der Waals surface area contributed by atoms with Gasteiger partial charge in [0.05, 0.1) is 0 Å². The average molecular weight is 252 g/mol. The molecule has 6 nitrogen and oxygen atoms in total. The quantitative estimate of drug-likeness (QED) is 0.251. The molecule has 1 aliphatic heterocycles. The van der Waals surface area contributed by atoms with E-state index in [2.05, 4.69) is 11.9 Å². The van der Waals surface area contributed by atoms with Crippen molar-refractivity contribution in [3.63, 3.8) is 0 Å². The van der Waals surface area contributed by atoms with Gasteiger partial charge in [-0.15, -0.1) is 0 Å². The minimum atomic E-state index is -1.04. The van der Waals surface area contributed by atoms with Crippen LogP contribution >= 0.6 is 0 Å². The van der Waals surface area contributed by atoms with Crippen LogP contribution < -0.4 is 5.32 Å². The molecule has 0 aliphatic carbocycles. The Morgan fingerprint density at radius 1 is 1.61 bits per heavy atom. The van der Waals surface area contributed by atoms with Crippen LogP contribution in [0.25, 0.3) is 0 Å². The highest BCUT2D eigenvalue weighted by molar-refractivity contribution is 6.03. The van der Waals surface area contributed by atoms with Crippen LogP contribution in [-0.2, 0) is 14.4 Å². The van der Waals surface area contributed by atoms with E-state index in [1.54, 1.807) is 6.08 Å². The minimum absolute atomic E-state index is 0.0871. The molecule has 98 valence electrons. The molecule has 1 aliphatic rings. The Hall–Kier alpha value is -1.95. The van der Waals surface area contributed by atoms with Crippen molar-refractivity contribution in [3.8, 4) is 0 Å². The third-order valence-corrected chi connectivity index (χ3v) is 2.54. The van der Waals surface area contributed by atoms with E-state index in [9.17, 15) is 19.6 Å². The van der Waals surface area contributed by atoms with E-state index >= 15 is 0 Å². The van der Waals surface area contributed by atoms with E-state index in [-0.39, 0.29) is 18.4 Å². The van der Waals surface area contributed by atoms with Crippen molar-refractivity contribution >= 4 is 17.7 Å². The third kappa shape index (κ3) is 3.27. The van der Waals surface area contributed by atoms with Crippen molar-refractivity contribution in [2.24, 2.45) is 0 Å². The second-order valence-electron chi connectivity index (χ2n) is 3.95. The Morgan fingerprint density at radius 2 is 2.28 bits per heavy atom. The predicted octanol–water partition coefficient (Wildman–Crippen LogP) is 0.532. The maximum atomic E-state index is 11.7. The number of hydrogen-bond donors (Lipinski definition) is 2. The van der Waals surface area contributed by atoms with Gasteiger partial charge in [-0.25, -0.2) is 5.06 Å². The summed E-state index contributed by atoms with van der Waals surface area (Å²) in [5.41, 5.74) is 0.0871. The maximum absolute atomic E-state index is 11.7. The maximum Gasteiger partial charge on any atom is 0.277 e. The molecular weight excluding hydrogens is 236 g/mol. The number of amides is 3. The average Bonchev–Trinajstić information content (AvgIpc) is 2.34. The van der Waals surface area contributed by atoms with Crippen molar-refractivity contribution in [2.45, 2.75) is 32.2 Å². The number of nitrogens with zero attached hydrogens (tertiary/aromatic N) is 1. The van der Waals surface area contributed by atoms with E-state index in [0.29, 0.717) is 5.06 Å². The molecule has 0 aromatic rings. The number of hydrogen-bond acceptors (Lipinski definition) is 4. The fourth-order valence-electron chi connectivity index (χ4n) is 1.54. The highest BCUT2D eigenvalue weighted by Crippen LogP contribution is 2.13. The SMILES string of the molecule is C=C(/C=C\CC)C(=O)N(O)C1CCC(=O)NC1=O. The molecule has 0 bridgehead atoms. The lowest BCUT2D eigenvalue weighted by Crippen LogP contribution is -2.53. The van der Waals surface area contributed by atoms with Gasteiger partial charge in [0.2, 0.25) is 5.91 Å². The largest absolute Gasteiger partial charge is 0.295 e. The molecule has 6 heteroatoms. The molecule has 1 rings (SSSR count). The number of carbonyl (C=O) groups excluding carboxylic acids is 3. The molecule has 1 fully saturated rings. The Labute approximate surface area is 105 Å². The number of rotatable bonds is 4. The summed E-state index contributed by atoms with van der Waals surface area (Å²) in [4.78, 5) is 34.1. The van der Waals surface area contributed by atoms with Crippen molar-refractivity contribution in [1.29, 1.82) is 0 Å². The van der Waals surface area contributed by atoms with Gasteiger partial charge in [0.15, 0.2) is 0 Å². The van der Waals surface area contributed by atoms with E-state index in [4.69, 9.17) is 0 Å². The van der Waals surface area contributed by atoms with E-state index < -0.39 is 23.8 Å². The van der Waals surface area contributed by atoms with Crippen LogP contribution in [0.5, 0.6) is 0 Å². The summed E-state index contributed by atoms with van der Waals surface area (Å²) in [7, 11) is 0. The zero-order valence-electron chi connectivity index (χ0n) is 10.2. The number of piperidine rings is 1. The zero-order chi connectivity index (χ0) is 13.7. The van der Waals surface area contributed by atoms with Crippen LogP contribution in [0.15, 0.2) is 24.3 Å². The number of hydroxylamine groups is 2. The summed E-state index contributed by atoms with van der Waals surface area (Å²) >= 11 is 0. The molecule has 18 heavy (non-hydrogen) atoms. The monoisotopic (exact) mass is 252 g/mol. The second-order valence-corrected chi connectivity index (χ2v) is 3.95. The summed E-state index contributed by atoms with van der Waals surface area (Å²) in [5.74, 6) is -1.81. The number of nitrogens with one attached hydrogen (secondary N) is 1. The van der Waals surface area contributed by atoms with Gasteiger partial charge in [-0.1, -0.05) is 25.7 Å². The van der Waals surface area contributed by atoms with E-state index in [1.165, 1.54) is 6.08 Å². The van der Waals surface area contributed by atoms with Gasteiger partial charge in [0.25, 0.3) is 11.8 Å². The van der Waals surface area contributed by atoms with Gasteiger partial charge in [-0.05, 0) is 12.8 Å². The molecule has 1 saturated heterocycles. The topological polar surface area (TPSA) is 86.7 Å². The summed E-state index contributed by atoms with van der Waals surface area (Å²) in [6.07, 6.45) is 4.14. The molecule has 1 heterocycles. The first-order valence-corrected chi connectivity index (χ1v) is 5.69. The Bertz CT molecular complexity index is 414. The lowest BCUT2D eigenvalue weighted by molar-refractivity contribution is -0.178. The number of imide groups is 1. The smallest absolute Gasteiger partial charge is 0.277 e. The second kappa shape index (κ2) is 6.11. The molecule has 0 spiro atoms. The Kier molecular flexibility index (Phi) is 4.79. The molecule has 0 saturated carbocycles. The standard InChI is InChI=1S/C12H16N2O4/c1-3-4-5-8(2)12(17)14(18)9-6-7-10(15)13-11(9)16/h4-5,9,18H,2-3,6-7H2,1H3,(H,13,15,16)/b5-4-. The zero-order valence-corrected chi connectivity index (χ0v) is 10.2. The van der Waals surface area contributed by atoms with E-state index in [1.807, 2.05) is 6.92 Å². The van der Waals surface area contributed by atoms with Crippen LogP contribution in [0.1, 0.15) is 26.2 Å². The molecule has 0 aromatic heterocycles. The molecule has 0 aromatic carbocycles. The fourth-order valence-corrected chi connectivity index (χ4v) is 1.54. The summed E-state index contributed by atoms with van der Waals surface area (Å²) in [6.45, 7) is 5.41. The number of carbonyl (C=O) groups is 3. The van der Waals surface area contributed by atoms with Gasteiger partial charge in [-0.3, -0.25) is 24.9 Å². The Balaban J connectivity index is 2.69. The molecule has 2 N–H and O–H groups in total. The van der Waals surface area contributed by atoms with E-state index in [0.717, 1.165) is 6.42 Å². The van der Waals surface area contributed by atoms with Crippen LogP contribution in [-0.4, -0.2) is 34.0 Å². The summed E-state index contributed by atoms with van der Waals surface area (Å²) in [6, 6.07) is -1.04. The summed E-state index contributed by atoms with van der Waals surface area (Å²) in [5, 5.41) is 12.1. The minimum Gasteiger partial charge on any atom is -0.295 e. The highest BCUT2D eigenvalue weighted by atomic mass is 16.5. The first-order valence-electron chi connectivity index (χ1n) is 5.69. The fraction of sp³-hybridized carbons (Fsp3) is 0.417. The van der Waals surface area contributed by atoms with Gasteiger partial charge in [0, 0.05) is 12.0 Å². The molecular formula is C12H16N2O4. The van der Waals surface area contributed by atoms with Crippen LogP contribution in [0.3, 0.4) is 0 Å². The highest BCUT2D eigenvalue weighted by Gasteiger charge is 2.34. The van der Waals surface area contributed by atoms with Crippen molar-refractivity contribution in [1.82, 2.24) is 10.4 Å². The van der Waals surface area contributed by atoms with Gasteiger partial charge < -0.3 is 0 Å². The molecule has 1 atom stereocenters. The summed E-state index contributed by atoms with van der Waals surface area (Å²) < 4.78 is 0. The lowest BCUT2D eigenvalue weighted by Gasteiger charge is -2.27. The predicted molar refractivity (Wildman–Crippen MR) is 63.4 cm³/mol. The molecule has 0 radical (unpaired) electrons. The first kappa shape index (κ1) is 14.1. The van der Waals surface area contributed by atoms with Crippen molar-refractivity contribution in [2.75, 3.05) is 0 Å².